The van der Waals surface area contributed by atoms with E-state index in [-0.39, 0.29) is 8.42 Å². The zero-order valence-corrected chi connectivity index (χ0v) is 14.3. The fourth-order valence-electron chi connectivity index (χ4n) is 1.52. The summed E-state index contributed by atoms with van der Waals surface area (Å²) < 4.78 is 84.5. The molecular formula is C11H7ClF3NO4S3. The molecular weight excluding hydrogens is 399 g/mol. The summed E-state index contributed by atoms with van der Waals surface area (Å²) in [4.78, 5) is 3.28. The minimum absolute atomic E-state index is 0.195. The number of aromatic nitrogens is 1. The molecule has 2 heterocycles. The van der Waals surface area contributed by atoms with Gasteiger partial charge in [-0.2, -0.15) is 13.2 Å². The Morgan fingerprint density at radius 1 is 1.13 bits per heavy atom. The molecule has 23 heavy (non-hydrogen) atoms. The van der Waals surface area contributed by atoms with Crippen LogP contribution in [0.1, 0.15) is 5.56 Å². The van der Waals surface area contributed by atoms with Crippen LogP contribution in [-0.2, 0) is 25.9 Å². The van der Waals surface area contributed by atoms with Gasteiger partial charge in [0, 0.05) is 12.5 Å². The molecule has 0 saturated heterocycles. The zero-order chi connectivity index (χ0) is 17.6. The maximum Gasteiger partial charge on any atom is 0.417 e. The van der Waals surface area contributed by atoms with E-state index in [4.69, 9.17) is 11.6 Å². The largest absolute Gasteiger partial charge is 0.417 e. The van der Waals surface area contributed by atoms with Gasteiger partial charge >= 0.3 is 6.18 Å². The Kier molecular flexibility index (Phi) is 4.52. The van der Waals surface area contributed by atoms with Crippen molar-refractivity contribution >= 4 is 42.6 Å². The van der Waals surface area contributed by atoms with Gasteiger partial charge in [0.15, 0.2) is 14.9 Å². The van der Waals surface area contributed by atoms with E-state index < -0.39 is 41.5 Å². The number of halogens is 4. The summed E-state index contributed by atoms with van der Waals surface area (Å²) >= 11 is 6.07. The van der Waals surface area contributed by atoms with E-state index >= 15 is 0 Å². The van der Waals surface area contributed by atoms with Crippen LogP contribution in [0.25, 0.3) is 0 Å². The first-order valence-corrected chi connectivity index (χ1v) is 10.2. The Bertz CT molecular complexity index is 965. The maximum absolute atomic E-state index is 12.5. The second-order valence-corrected chi connectivity index (χ2v) is 10.2. The molecule has 0 aliphatic rings. The van der Waals surface area contributed by atoms with E-state index in [1.165, 1.54) is 0 Å². The number of hydrogen-bond donors (Lipinski definition) is 0. The first-order valence-electron chi connectivity index (χ1n) is 5.61. The van der Waals surface area contributed by atoms with Crippen LogP contribution in [0.2, 0.25) is 5.02 Å². The molecule has 0 atom stereocenters. The van der Waals surface area contributed by atoms with E-state index in [1.807, 2.05) is 0 Å². The fourth-order valence-corrected chi connectivity index (χ4v) is 5.70. The number of hydrogen-bond acceptors (Lipinski definition) is 6. The number of pyridine rings is 1. The summed E-state index contributed by atoms with van der Waals surface area (Å²) in [7, 11) is -7.94. The molecule has 0 saturated carbocycles. The van der Waals surface area contributed by atoms with Crippen LogP contribution in [0, 0.1) is 0 Å². The Hall–Kier alpha value is -1.17. The van der Waals surface area contributed by atoms with E-state index in [0.29, 0.717) is 23.6 Å². The first-order chi connectivity index (χ1) is 10.3. The average molecular weight is 406 g/mol. The highest BCUT2D eigenvalue weighted by atomic mass is 35.5. The molecule has 126 valence electrons. The van der Waals surface area contributed by atoms with Crippen molar-refractivity contribution < 1.29 is 30.0 Å². The van der Waals surface area contributed by atoms with E-state index in [1.54, 1.807) is 0 Å². The summed E-state index contributed by atoms with van der Waals surface area (Å²) in [5, 5.41) is -1.47. The van der Waals surface area contributed by atoms with Gasteiger partial charge in [-0.25, -0.2) is 21.8 Å². The Labute approximate surface area is 138 Å². The van der Waals surface area contributed by atoms with E-state index in [0.717, 1.165) is 18.4 Å². The van der Waals surface area contributed by atoms with Crippen LogP contribution >= 0.6 is 22.9 Å². The third-order valence-electron chi connectivity index (χ3n) is 2.58. The SMILES string of the molecule is CS(=O)(=O)c1ccc(S(=O)(=O)c2ncc(C(F)(F)F)cc2Cl)s1. The Balaban J connectivity index is 2.55. The molecule has 0 amide bonds. The standard InChI is InChI=1S/C11H7ClF3NO4S3/c1-22(17,18)8-2-3-9(21-8)23(19,20)10-7(12)4-6(5-16-10)11(13,14)15/h2-5H,1H3. The molecule has 2 aromatic rings. The summed E-state index contributed by atoms with van der Waals surface area (Å²) in [6.45, 7) is 0. The third-order valence-corrected chi connectivity index (χ3v) is 8.08. The van der Waals surface area contributed by atoms with Crippen molar-refractivity contribution in [3.05, 3.63) is 35.0 Å². The van der Waals surface area contributed by atoms with Gasteiger partial charge in [-0.05, 0) is 18.2 Å². The molecule has 2 rings (SSSR count). The number of alkyl halides is 3. The van der Waals surface area contributed by atoms with Crippen LogP contribution in [0.5, 0.6) is 0 Å². The van der Waals surface area contributed by atoms with Crippen molar-refractivity contribution in [1.82, 2.24) is 4.98 Å². The molecule has 5 nitrogen and oxygen atoms in total. The number of nitrogens with zero attached hydrogens (tertiary/aromatic N) is 1. The molecule has 0 bridgehead atoms. The molecule has 0 aliphatic carbocycles. The topological polar surface area (TPSA) is 81.2 Å². The average Bonchev–Trinajstić information content (AvgIpc) is 2.87. The molecule has 0 unspecified atom stereocenters. The lowest BCUT2D eigenvalue weighted by Gasteiger charge is -2.08. The van der Waals surface area contributed by atoms with Crippen molar-refractivity contribution in [2.45, 2.75) is 19.6 Å². The lowest BCUT2D eigenvalue weighted by Crippen LogP contribution is -2.09. The molecule has 0 fully saturated rings. The Morgan fingerprint density at radius 2 is 1.70 bits per heavy atom. The van der Waals surface area contributed by atoms with E-state index in [2.05, 4.69) is 4.98 Å². The quantitative estimate of drug-likeness (QED) is 0.784. The molecule has 12 heteroatoms. The number of sulfone groups is 2. The Morgan fingerprint density at radius 3 is 2.13 bits per heavy atom. The summed E-state index contributed by atoms with van der Waals surface area (Å²) in [6, 6.07) is 2.57. The van der Waals surface area contributed by atoms with Crippen LogP contribution in [0.3, 0.4) is 0 Å². The van der Waals surface area contributed by atoms with Crippen molar-refractivity contribution in [1.29, 1.82) is 0 Å². The van der Waals surface area contributed by atoms with Crippen LogP contribution in [-0.4, -0.2) is 28.1 Å². The van der Waals surface area contributed by atoms with Crippen molar-refractivity contribution in [3.63, 3.8) is 0 Å². The predicted octanol–water partition coefficient (Wildman–Crippen LogP) is 3.05. The van der Waals surface area contributed by atoms with Crippen molar-refractivity contribution in [2.75, 3.05) is 6.26 Å². The lowest BCUT2D eigenvalue weighted by atomic mass is 10.3. The van der Waals surface area contributed by atoms with Gasteiger partial charge in [0.05, 0.1) is 10.6 Å². The summed E-state index contributed by atoms with van der Waals surface area (Å²) in [5.41, 5.74) is -1.19. The summed E-state index contributed by atoms with van der Waals surface area (Å²) in [6.07, 6.45) is -3.46. The van der Waals surface area contributed by atoms with Gasteiger partial charge in [0.2, 0.25) is 9.84 Å². The van der Waals surface area contributed by atoms with Crippen molar-refractivity contribution in [2.24, 2.45) is 0 Å². The molecule has 0 spiro atoms. The summed E-state index contributed by atoms with van der Waals surface area (Å²) in [5.74, 6) is 0. The monoisotopic (exact) mass is 405 g/mol. The molecule has 0 aliphatic heterocycles. The van der Waals surface area contributed by atoms with Gasteiger partial charge in [-0.1, -0.05) is 11.6 Å². The molecule has 2 aromatic heterocycles. The fraction of sp³-hybridized carbons (Fsp3) is 0.182. The van der Waals surface area contributed by atoms with Gasteiger partial charge in [-0.3, -0.25) is 0 Å². The zero-order valence-electron chi connectivity index (χ0n) is 11.1. The second-order valence-electron chi connectivity index (χ2n) is 4.36. The minimum atomic E-state index is -4.72. The predicted molar refractivity (Wildman–Crippen MR) is 77.1 cm³/mol. The lowest BCUT2D eigenvalue weighted by molar-refractivity contribution is -0.137. The highest BCUT2D eigenvalue weighted by Crippen LogP contribution is 2.35. The maximum atomic E-state index is 12.5. The number of thiophene rings is 1. The second kappa shape index (κ2) is 5.72. The minimum Gasteiger partial charge on any atom is -0.242 e. The normalized spacial score (nSPS) is 13.3. The van der Waals surface area contributed by atoms with Crippen LogP contribution in [0.4, 0.5) is 13.2 Å². The smallest absolute Gasteiger partial charge is 0.242 e. The van der Waals surface area contributed by atoms with Gasteiger partial charge < -0.3 is 0 Å². The third kappa shape index (κ3) is 3.67. The number of rotatable bonds is 3. The van der Waals surface area contributed by atoms with E-state index in [9.17, 15) is 30.0 Å². The highest BCUT2D eigenvalue weighted by molar-refractivity contribution is 7.95. The molecule has 0 radical (unpaired) electrons. The molecule has 0 N–H and O–H groups in total. The van der Waals surface area contributed by atoms with Gasteiger partial charge in [0.1, 0.15) is 8.42 Å². The van der Waals surface area contributed by atoms with Gasteiger partial charge in [0.25, 0.3) is 0 Å². The first kappa shape index (κ1) is 18.2. The van der Waals surface area contributed by atoms with Crippen LogP contribution in [0.15, 0.2) is 37.8 Å². The van der Waals surface area contributed by atoms with Gasteiger partial charge in [-0.15, -0.1) is 11.3 Å². The molecule has 0 aromatic carbocycles. The van der Waals surface area contributed by atoms with Crippen LogP contribution < -0.4 is 0 Å². The highest BCUT2D eigenvalue weighted by Gasteiger charge is 2.33. The van der Waals surface area contributed by atoms with Crippen molar-refractivity contribution in [3.8, 4) is 0 Å².